The van der Waals surface area contributed by atoms with Crippen molar-refractivity contribution in [3.05, 3.63) is 59.7 Å². The molecule has 2 heterocycles. The number of rotatable bonds is 3. The van der Waals surface area contributed by atoms with Crippen molar-refractivity contribution >= 4 is 0 Å². The normalized spacial score (nSPS) is 10.7. The van der Waals surface area contributed by atoms with Crippen molar-refractivity contribution in [2.75, 3.05) is 0 Å². The van der Waals surface area contributed by atoms with Crippen molar-refractivity contribution in [1.29, 1.82) is 0 Å². The number of hydrogen-bond acceptors (Lipinski definition) is 4. The van der Waals surface area contributed by atoms with Crippen LogP contribution in [0, 0.1) is 12.7 Å². The molecule has 20 heavy (non-hydrogen) atoms. The standard InChI is InChI=1S/C14H12FN5/c1-10-8-11(5-6-13(10)15)14-17-19-20(18-14)9-12-4-2-3-7-16-12/h2-8H,9H2,1H3. The molecule has 0 aliphatic carbocycles. The third-order valence-corrected chi connectivity index (χ3v) is 2.90. The maximum absolute atomic E-state index is 13.2. The first-order valence-electron chi connectivity index (χ1n) is 6.16. The molecule has 0 unspecified atom stereocenters. The van der Waals surface area contributed by atoms with Gasteiger partial charge in [0.1, 0.15) is 12.4 Å². The van der Waals surface area contributed by atoms with E-state index in [2.05, 4.69) is 20.4 Å². The second-order valence-corrected chi connectivity index (χ2v) is 4.43. The molecule has 5 nitrogen and oxygen atoms in total. The summed E-state index contributed by atoms with van der Waals surface area (Å²) in [6, 6.07) is 10.4. The van der Waals surface area contributed by atoms with Gasteiger partial charge in [0.2, 0.25) is 5.82 Å². The van der Waals surface area contributed by atoms with Crippen LogP contribution in [-0.2, 0) is 6.54 Å². The molecule has 0 bridgehead atoms. The van der Waals surface area contributed by atoms with E-state index in [4.69, 9.17) is 0 Å². The van der Waals surface area contributed by atoms with Gasteiger partial charge in [0, 0.05) is 11.8 Å². The lowest BCUT2D eigenvalue weighted by Crippen LogP contribution is -2.05. The van der Waals surface area contributed by atoms with Gasteiger partial charge in [-0.1, -0.05) is 6.07 Å². The number of aryl methyl sites for hydroxylation is 1. The third kappa shape index (κ3) is 2.54. The first kappa shape index (κ1) is 12.4. The molecule has 3 aromatic rings. The molecule has 0 radical (unpaired) electrons. The van der Waals surface area contributed by atoms with E-state index in [9.17, 15) is 4.39 Å². The molecule has 100 valence electrons. The molecule has 0 saturated carbocycles. The van der Waals surface area contributed by atoms with E-state index in [1.54, 1.807) is 25.3 Å². The SMILES string of the molecule is Cc1cc(-c2nnn(Cc3ccccn3)n2)ccc1F. The average molecular weight is 269 g/mol. The van der Waals surface area contributed by atoms with E-state index >= 15 is 0 Å². The summed E-state index contributed by atoms with van der Waals surface area (Å²) in [5.74, 6) is 0.235. The molecule has 0 amide bonds. The van der Waals surface area contributed by atoms with Crippen LogP contribution in [0.1, 0.15) is 11.3 Å². The van der Waals surface area contributed by atoms with Crippen LogP contribution in [0.5, 0.6) is 0 Å². The van der Waals surface area contributed by atoms with E-state index < -0.39 is 0 Å². The number of nitrogens with zero attached hydrogens (tertiary/aromatic N) is 5. The number of hydrogen-bond donors (Lipinski definition) is 0. The predicted octanol–water partition coefficient (Wildman–Crippen LogP) is 2.23. The zero-order valence-electron chi connectivity index (χ0n) is 10.9. The van der Waals surface area contributed by atoms with Gasteiger partial charge in [-0.05, 0) is 48.0 Å². The molecule has 6 heteroatoms. The first-order valence-corrected chi connectivity index (χ1v) is 6.16. The molecule has 0 saturated heterocycles. The molecular weight excluding hydrogens is 257 g/mol. The monoisotopic (exact) mass is 269 g/mol. The van der Waals surface area contributed by atoms with Gasteiger partial charge in [0.25, 0.3) is 0 Å². The van der Waals surface area contributed by atoms with Crippen LogP contribution in [0.15, 0.2) is 42.6 Å². The zero-order chi connectivity index (χ0) is 13.9. The predicted molar refractivity (Wildman–Crippen MR) is 71.3 cm³/mol. The quantitative estimate of drug-likeness (QED) is 0.731. The van der Waals surface area contributed by atoms with Crippen LogP contribution in [0.3, 0.4) is 0 Å². The van der Waals surface area contributed by atoms with E-state index in [0.29, 0.717) is 17.9 Å². The van der Waals surface area contributed by atoms with Gasteiger partial charge in [-0.15, -0.1) is 10.2 Å². The molecule has 0 fully saturated rings. The molecule has 1 aromatic carbocycles. The maximum Gasteiger partial charge on any atom is 0.204 e. The summed E-state index contributed by atoms with van der Waals surface area (Å²) in [5, 5.41) is 12.2. The number of pyridine rings is 1. The number of benzene rings is 1. The molecule has 0 N–H and O–H groups in total. The minimum atomic E-state index is -0.241. The molecule has 3 rings (SSSR count). The van der Waals surface area contributed by atoms with E-state index in [1.165, 1.54) is 10.9 Å². The van der Waals surface area contributed by atoms with E-state index in [0.717, 1.165) is 11.3 Å². The number of tetrazole rings is 1. The topological polar surface area (TPSA) is 56.5 Å². The summed E-state index contributed by atoms with van der Waals surface area (Å²) in [5.41, 5.74) is 2.16. The van der Waals surface area contributed by atoms with Crippen LogP contribution >= 0.6 is 0 Å². The minimum Gasteiger partial charge on any atom is -0.259 e. The van der Waals surface area contributed by atoms with Gasteiger partial charge in [0.15, 0.2) is 0 Å². The fraction of sp³-hybridized carbons (Fsp3) is 0.143. The molecular formula is C14H12FN5. The van der Waals surface area contributed by atoms with E-state index in [1.807, 2.05) is 18.2 Å². The summed E-state index contributed by atoms with van der Waals surface area (Å²) >= 11 is 0. The highest BCUT2D eigenvalue weighted by molar-refractivity contribution is 5.55. The third-order valence-electron chi connectivity index (χ3n) is 2.90. The van der Waals surface area contributed by atoms with Gasteiger partial charge >= 0.3 is 0 Å². The fourth-order valence-electron chi connectivity index (χ4n) is 1.85. The highest BCUT2D eigenvalue weighted by Crippen LogP contribution is 2.17. The van der Waals surface area contributed by atoms with Crippen molar-refractivity contribution in [2.24, 2.45) is 0 Å². The Morgan fingerprint density at radius 3 is 2.85 bits per heavy atom. The second kappa shape index (κ2) is 5.16. The van der Waals surface area contributed by atoms with Crippen molar-refractivity contribution < 1.29 is 4.39 Å². The minimum absolute atomic E-state index is 0.241. The summed E-state index contributed by atoms with van der Waals surface area (Å²) in [6.07, 6.45) is 1.72. The maximum atomic E-state index is 13.2. The van der Waals surface area contributed by atoms with Gasteiger partial charge in [-0.2, -0.15) is 4.80 Å². The summed E-state index contributed by atoms with van der Waals surface area (Å²) in [4.78, 5) is 5.67. The Balaban J connectivity index is 1.84. The van der Waals surface area contributed by atoms with Crippen molar-refractivity contribution in [3.63, 3.8) is 0 Å². The Kier molecular flexibility index (Phi) is 3.20. The lowest BCUT2D eigenvalue weighted by molar-refractivity contribution is 0.564. The van der Waals surface area contributed by atoms with Gasteiger partial charge < -0.3 is 0 Å². The van der Waals surface area contributed by atoms with Crippen molar-refractivity contribution in [2.45, 2.75) is 13.5 Å². The Labute approximate surface area is 115 Å². The summed E-state index contributed by atoms with van der Waals surface area (Å²) < 4.78 is 13.2. The highest BCUT2D eigenvalue weighted by atomic mass is 19.1. The average Bonchev–Trinajstić information content (AvgIpc) is 2.91. The summed E-state index contributed by atoms with van der Waals surface area (Å²) in [6.45, 7) is 2.16. The van der Waals surface area contributed by atoms with Gasteiger partial charge in [-0.25, -0.2) is 4.39 Å². The lowest BCUT2D eigenvalue weighted by atomic mass is 10.1. The number of aromatic nitrogens is 5. The Morgan fingerprint density at radius 1 is 1.20 bits per heavy atom. The molecule has 0 atom stereocenters. The Hall–Kier alpha value is -2.63. The molecule has 2 aromatic heterocycles. The molecule has 0 aliphatic rings. The fourth-order valence-corrected chi connectivity index (χ4v) is 1.85. The largest absolute Gasteiger partial charge is 0.259 e. The lowest BCUT2D eigenvalue weighted by Gasteiger charge is -1.99. The number of halogens is 1. The smallest absolute Gasteiger partial charge is 0.204 e. The molecule has 0 spiro atoms. The summed E-state index contributed by atoms with van der Waals surface area (Å²) in [7, 11) is 0. The Morgan fingerprint density at radius 2 is 2.10 bits per heavy atom. The van der Waals surface area contributed by atoms with E-state index in [-0.39, 0.29) is 5.82 Å². The first-order chi connectivity index (χ1) is 9.72. The van der Waals surface area contributed by atoms with Crippen molar-refractivity contribution in [3.8, 4) is 11.4 Å². The van der Waals surface area contributed by atoms with Gasteiger partial charge in [0.05, 0.1) is 5.69 Å². The van der Waals surface area contributed by atoms with Gasteiger partial charge in [-0.3, -0.25) is 4.98 Å². The zero-order valence-corrected chi connectivity index (χ0v) is 10.9. The van der Waals surface area contributed by atoms with Crippen LogP contribution in [0.2, 0.25) is 0 Å². The Bertz CT molecular complexity index is 723. The van der Waals surface area contributed by atoms with Crippen LogP contribution in [0.4, 0.5) is 4.39 Å². The highest BCUT2D eigenvalue weighted by Gasteiger charge is 2.08. The second-order valence-electron chi connectivity index (χ2n) is 4.43. The van der Waals surface area contributed by atoms with Crippen LogP contribution < -0.4 is 0 Å². The van der Waals surface area contributed by atoms with Crippen molar-refractivity contribution in [1.82, 2.24) is 25.2 Å². The molecule has 0 aliphatic heterocycles. The van der Waals surface area contributed by atoms with Crippen LogP contribution in [-0.4, -0.2) is 25.2 Å². The van der Waals surface area contributed by atoms with Crippen LogP contribution in [0.25, 0.3) is 11.4 Å².